The lowest BCUT2D eigenvalue weighted by molar-refractivity contribution is 0.440. The van der Waals surface area contributed by atoms with E-state index in [0.717, 1.165) is 54.2 Å². The summed E-state index contributed by atoms with van der Waals surface area (Å²) in [6.45, 7) is 3.95. The molecular weight excluding hydrogens is 494 g/mol. The molecule has 36 heavy (non-hydrogen) atoms. The summed E-state index contributed by atoms with van der Waals surface area (Å²) in [7, 11) is 0. The van der Waals surface area contributed by atoms with Crippen LogP contribution in [0.25, 0.3) is 28.6 Å². The zero-order chi connectivity index (χ0) is 24.6. The minimum absolute atomic E-state index is 0.120. The summed E-state index contributed by atoms with van der Waals surface area (Å²) in [5.74, 6) is -0.120. The number of para-hydroxylation sites is 1. The number of nitrogens with one attached hydrogen (secondary N) is 1. The highest BCUT2D eigenvalue weighted by molar-refractivity contribution is 7.10. The van der Waals surface area contributed by atoms with Crippen LogP contribution in [0.3, 0.4) is 0 Å². The highest BCUT2D eigenvalue weighted by Gasteiger charge is 2.21. The Morgan fingerprint density at radius 1 is 0.944 bits per heavy atom. The Morgan fingerprint density at radius 2 is 1.69 bits per heavy atom. The monoisotopic (exact) mass is 515 g/mol. The Morgan fingerprint density at radius 3 is 2.44 bits per heavy atom. The summed E-state index contributed by atoms with van der Waals surface area (Å²) in [6, 6.07) is 21.2. The van der Waals surface area contributed by atoms with E-state index < -0.39 is 0 Å². The van der Waals surface area contributed by atoms with Crippen LogP contribution in [-0.2, 0) is 0 Å². The van der Waals surface area contributed by atoms with Gasteiger partial charge in [0.15, 0.2) is 0 Å². The lowest BCUT2D eigenvalue weighted by Crippen LogP contribution is -2.43. The molecule has 3 heterocycles. The molecule has 2 N–H and O–H groups in total. The van der Waals surface area contributed by atoms with Gasteiger partial charge in [0.25, 0.3) is 0 Å². The number of halogens is 1. The largest absolute Gasteiger partial charge is 0.493 e. The Labute approximate surface area is 216 Å². The average Bonchev–Trinajstić information content (AvgIpc) is 3.43. The molecule has 7 nitrogen and oxygen atoms in total. The summed E-state index contributed by atoms with van der Waals surface area (Å²) in [5, 5.41) is 23.3. The highest BCUT2D eigenvalue weighted by atomic mass is 35.5. The van der Waals surface area contributed by atoms with Crippen LogP contribution in [0, 0.1) is 0 Å². The number of benzene rings is 3. The first-order valence-corrected chi connectivity index (χ1v) is 12.8. The van der Waals surface area contributed by atoms with Crippen LogP contribution in [0.5, 0.6) is 5.88 Å². The van der Waals surface area contributed by atoms with Crippen molar-refractivity contribution in [3.8, 4) is 22.7 Å². The second kappa shape index (κ2) is 9.39. The molecule has 0 spiro atoms. The van der Waals surface area contributed by atoms with Crippen LogP contribution < -0.4 is 15.1 Å². The number of azo groups is 1. The normalized spacial score (nSPS) is 16.0. The predicted octanol–water partition coefficient (Wildman–Crippen LogP) is 5.93. The van der Waals surface area contributed by atoms with Gasteiger partial charge >= 0.3 is 4.87 Å². The van der Waals surface area contributed by atoms with Gasteiger partial charge in [-0.05, 0) is 48.0 Å². The summed E-state index contributed by atoms with van der Waals surface area (Å²) >= 11 is 7.59. The lowest BCUT2D eigenvalue weighted by atomic mass is 10.00. The third-order valence-electron chi connectivity index (χ3n) is 6.38. The molecule has 3 aromatic carbocycles. The van der Waals surface area contributed by atoms with Crippen LogP contribution in [-0.4, -0.2) is 35.9 Å². The second-order valence-corrected chi connectivity index (χ2v) is 9.99. The summed E-state index contributed by atoms with van der Waals surface area (Å²) < 4.78 is 1.29. The standard InChI is InChI=1S/C27H22ClN5O2S/c28-22-15-23-21(14-20(22)17-6-8-18(9-7-17)32-12-10-29-11-13-32)24(31-30-23)16-25-26(34)33(27(35)36-25)19-4-2-1-3-5-19/h1-9,14-16,29,34H,10-13H2/b24-16-. The fourth-order valence-electron chi connectivity index (χ4n) is 4.52. The molecule has 0 radical (unpaired) electrons. The zero-order valence-corrected chi connectivity index (χ0v) is 20.8. The van der Waals surface area contributed by atoms with E-state index in [-0.39, 0.29) is 10.8 Å². The van der Waals surface area contributed by atoms with Crippen LogP contribution in [0.4, 0.5) is 11.4 Å². The number of anilines is 1. The zero-order valence-electron chi connectivity index (χ0n) is 19.2. The van der Waals surface area contributed by atoms with E-state index in [1.165, 1.54) is 10.3 Å². The molecule has 1 saturated heterocycles. The number of thiazole rings is 1. The Bertz CT molecular complexity index is 1550. The molecule has 0 saturated carbocycles. The molecule has 9 heteroatoms. The summed E-state index contributed by atoms with van der Waals surface area (Å²) in [4.78, 5) is 15.1. The van der Waals surface area contributed by atoms with Crippen molar-refractivity contribution in [3.63, 3.8) is 0 Å². The van der Waals surface area contributed by atoms with E-state index in [1.54, 1.807) is 24.3 Å². The maximum absolute atomic E-state index is 12.6. The van der Waals surface area contributed by atoms with Crippen molar-refractivity contribution in [2.45, 2.75) is 0 Å². The first kappa shape index (κ1) is 22.7. The number of aromatic hydroxyl groups is 1. The van der Waals surface area contributed by atoms with Crippen molar-refractivity contribution in [3.05, 3.63) is 91.9 Å². The van der Waals surface area contributed by atoms with Crippen molar-refractivity contribution in [2.24, 2.45) is 10.2 Å². The van der Waals surface area contributed by atoms with Gasteiger partial charge in [0, 0.05) is 43.0 Å². The molecule has 0 aliphatic carbocycles. The number of piperazine rings is 1. The van der Waals surface area contributed by atoms with Crippen molar-refractivity contribution >= 4 is 46.1 Å². The van der Waals surface area contributed by atoms with Gasteiger partial charge in [0.2, 0.25) is 5.88 Å². The fraction of sp³-hybridized carbons (Fsp3) is 0.148. The maximum atomic E-state index is 12.6. The minimum Gasteiger partial charge on any atom is -0.493 e. The number of hydrogen-bond donors (Lipinski definition) is 2. The first-order valence-electron chi connectivity index (χ1n) is 11.6. The van der Waals surface area contributed by atoms with E-state index in [0.29, 0.717) is 27.0 Å². The topological polar surface area (TPSA) is 82.2 Å². The van der Waals surface area contributed by atoms with Crippen molar-refractivity contribution in [1.82, 2.24) is 9.88 Å². The van der Waals surface area contributed by atoms with E-state index in [4.69, 9.17) is 11.6 Å². The molecule has 6 rings (SSSR count). The molecule has 180 valence electrons. The van der Waals surface area contributed by atoms with Gasteiger partial charge in [-0.15, -0.1) is 10.2 Å². The van der Waals surface area contributed by atoms with Crippen LogP contribution >= 0.6 is 22.9 Å². The predicted molar refractivity (Wildman–Crippen MR) is 146 cm³/mol. The van der Waals surface area contributed by atoms with Gasteiger partial charge in [0.05, 0.1) is 27.0 Å². The number of aromatic nitrogens is 1. The quantitative estimate of drug-likeness (QED) is 0.353. The second-order valence-electron chi connectivity index (χ2n) is 8.59. The molecule has 1 aromatic heterocycles. The number of hydrogen-bond acceptors (Lipinski definition) is 7. The molecule has 2 aliphatic rings. The molecule has 0 bridgehead atoms. The lowest BCUT2D eigenvalue weighted by Gasteiger charge is -2.29. The number of fused-ring (bicyclic) bond motifs is 1. The van der Waals surface area contributed by atoms with Crippen LogP contribution in [0.1, 0.15) is 10.4 Å². The van der Waals surface area contributed by atoms with Crippen molar-refractivity contribution in [1.29, 1.82) is 0 Å². The summed E-state index contributed by atoms with van der Waals surface area (Å²) in [6.07, 6.45) is 1.70. The maximum Gasteiger partial charge on any atom is 0.315 e. The van der Waals surface area contributed by atoms with Gasteiger partial charge < -0.3 is 15.3 Å². The van der Waals surface area contributed by atoms with E-state index in [9.17, 15) is 9.90 Å². The molecule has 4 aromatic rings. The van der Waals surface area contributed by atoms with E-state index >= 15 is 0 Å². The molecule has 0 unspecified atom stereocenters. The van der Waals surface area contributed by atoms with Crippen LogP contribution in [0.2, 0.25) is 5.02 Å². The van der Waals surface area contributed by atoms with Crippen molar-refractivity contribution in [2.75, 3.05) is 31.1 Å². The van der Waals surface area contributed by atoms with Gasteiger partial charge in [-0.25, -0.2) is 4.57 Å². The van der Waals surface area contributed by atoms with Gasteiger partial charge in [0.1, 0.15) is 0 Å². The van der Waals surface area contributed by atoms with E-state index in [1.807, 2.05) is 24.3 Å². The highest BCUT2D eigenvalue weighted by Crippen LogP contribution is 2.43. The van der Waals surface area contributed by atoms with Gasteiger partial charge in [-0.3, -0.25) is 4.79 Å². The summed E-state index contributed by atoms with van der Waals surface area (Å²) in [5.41, 5.74) is 5.69. The molecule has 2 aliphatic heterocycles. The van der Waals surface area contributed by atoms with Crippen LogP contribution in [0.15, 0.2) is 81.8 Å². The Balaban J connectivity index is 1.34. The smallest absolute Gasteiger partial charge is 0.315 e. The van der Waals surface area contributed by atoms with Crippen molar-refractivity contribution < 1.29 is 5.11 Å². The SMILES string of the molecule is O=c1sc(/C=C2\N=Nc3cc(Cl)c(-c4ccc(N5CCNCC5)cc4)cc32)c(O)n1-c1ccccc1. The Kier molecular flexibility index (Phi) is 5.92. The number of rotatable bonds is 4. The fourth-order valence-corrected chi connectivity index (χ4v) is 5.61. The molecule has 0 amide bonds. The molecular formula is C27H22ClN5O2S. The molecule has 1 fully saturated rings. The van der Waals surface area contributed by atoms with E-state index in [2.05, 4.69) is 44.7 Å². The third-order valence-corrected chi connectivity index (χ3v) is 7.57. The first-order chi connectivity index (χ1) is 17.6. The number of nitrogens with zero attached hydrogens (tertiary/aromatic N) is 4. The minimum atomic E-state index is -0.276. The average molecular weight is 516 g/mol. The molecule has 0 atom stereocenters. The van der Waals surface area contributed by atoms with Gasteiger partial charge in [-0.1, -0.05) is 53.3 Å². The van der Waals surface area contributed by atoms with Gasteiger partial charge in [-0.2, -0.15) is 0 Å². The third kappa shape index (κ3) is 4.13. The Hall–Kier alpha value is -3.72.